The highest BCUT2D eigenvalue weighted by Gasteiger charge is 2.30. The molecule has 2 amide bonds. The molecular weight excluding hydrogens is 496 g/mol. The molecule has 0 heterocycles. The first-order chi connectivity index (χ1) is 16.6. The lowest BCUT2D eigenvalue weighted by Crippen LogP contribution is -2.49. The molecule has 0 unspecified atom stereocenters. The van der Waals surface area contributed by atoms with E-state index >= 15 is 0 Å². The van der Waals surface area contributed by atoms with Gasteiger partial charge in [0.25, 0.3) is 5.91 Å². The van der Waals surface area contributed by atoms with E-state index in [1.54, 1.807) is 24.3 Å². The van der Waals surface area contributed by atoms with Crippen LogP contribution < -0.4 is 14.8 Å². The molecule has 0 saturated heterocycles. The Balaban J connectivity index is 1.93. The van der Waals surface area contributed by atoms with Crippen LogP contribution in [0, 0.1) is 0 Å². The van der Waals surface area contributed by atoms with Crippen LogP contribution in [-0.2, 0) is 26.0 Å². The molecule has 0 spiro atoms. The van der Waals surface area contributed by atoms with Gasteiger partial charge in [0.2, 0.25) is 15.9 Å². The average molecular weight is 519 g/mol. The summed E-state index contributed by atoms with van der Waals surface area (Å²) < 4.78 is 33.7. The van der Waals surface area contributed by atoms with E-state index in [2.05, 4.69) is 10.0 Å². The third kappa shape index (κ3) is 5.79. The van der Waals surface area contributed by atoms with Crippen molar-refractivity contribution < 1.29 is 32.6 Å². The van der Waals surface area contributed by atoms with E-state index in [4.69, 9.17) is 16.3 Å². The number of hydrogen-bond acceptors (Lipinski definition) is 6. The third-order valence-corrected chi connectivity index (χ3v) is 7.22. The number of fused-ring (bicyclic) bond motifs is 1. The number of ether oxygens (including phenoxy) is 1. The van der Waals surface area contributed by atoms with Crippen molar-refractivity contribution in [3.05, 3.63) is 70.7 Å². The summed E-state index contributed by atoms with van der Waals surface area (Å²) >= 11 is 6.31. The Hall–Kier alpha value is -3.47. The quantitative estimate of drug-likeness (QED) is 0.395. The van der Waals surface area contributed by atoms with Crippen LogP contribution in [0.1, 0.15) is 29.3 Å². The number of sulfonamides is 1. The zero-order chi connectivity index (χ0) is 25.8. The van der Waals surface area contributed by atoms with Crippen LogP contribution in [0.5, 0.6) is 5.75 Å². The predicted octanol–water partition coefficient (Wildman–Crippen LogP) is 3.14. The van der Waals surface area contributed by atoms with E-state index in [0.717, 1.165) is 0 Å². The summed E-state index contributed by atoms with van der Waals surface area (Å²) in [7, 11) is -2.99. The van der Waals surface area contributed by atoms with Gasteiger partial charge in [0.15, 0.2) is 0 Å². The monoisotopic (exact) mass is 518 g/mol. The number of aryl methyl sites for hydroxylation is 1. The summed E-state index contributed by atoms with van der Waals surface area (Å²) in [6.45, 7) is 1.83. The lowest BCUT2D eigenvalue weighted by molar-refractivity contribution is -0.139. The molecule has 0 fully saturated rings. The minimum absolute atomic E-state index is 0.196. The van der Waals surface area contributed by atoms with Crippen molar-refractivity contribution in [2.75, 3.05) is 7.11 Å². The number of benzene rings is 3. The summed E-state index contributed by atoms with van der Waals surface area (Å²) in [5.74, 6) is -2.94. The van der Waals surface area contributed by atoms with Crippen LogP contribution >= 0.6 is 11.6 Å². The van der Waals surface area contributed by atoms with Crippen molar-refractivity contribution in [2.45, 2.75) is 30.7 Å². The van der Waals surface area contributed by atoms with Gasteiger partial charge in [-0.15, -0.1) is 0 Å². The maximum absolute atomic E-state index is 13.2. The zero-order valence-corrected chi connectivity index (χ0v) is 20.4. The molecule has 0 aliphatic heterocycles. The third-order valence-electron chi connectivity index (χ3n) is 5.30. The largest absolute Gasteiger partial charge is 0.495 e. The average Bonchev–Trinajstić information content (AvgIpc) is 2.83. The van der Waals surface area contributed by atoms with Crippen molar-refractivity contribution in [3.63, 3.8) is 0 Å². The second kappa shape index (κ2) is 10.9. The van der Waals surface area contributed by atoms with Crippen molar-refractivity contribution in [1.29, 1.82) is 0 Å². The van der Waals surface area contributed by atoms with Gasteiger partial charge in [-0.1, -0.05) is 48.9 Å². The number of hydrogen-bond donors (Lipinski definition) is 3. The van der Waals surface area contributed by atoms with Gasteiger partial charge < -0.3 is 9.84 Å². The molecule has 3 N–H and O–H groups in total. The molecule has 9 nitrogen and oxygen atoms in total. The van der Waals surface area contributed by atoms with Gasteiger partial charge in [-0.25, -0.2) is 8.42 Å². The van der Waals surface area contributed by atoms with Gasteiger partial charge in [0.1, 0.15) is 11.8 Å². The van der Waals surface area contributed by atoms with Crippen molar-refractivity contribution in [2.24, 2.45) is 0 Å². The number of imide groups is 1. The van der Waals surface area contributed by atoms with Crippen LogP contribution in [0.15, 0.2) is 59.5 Å². The smallest absolute Gasteiger partial charge is 0.305 e. The Bertz CT molecular complexity index is 1410. The van der Waals surface area contributed by atoms with Crippen LogP contribution in [0.3, 0.4) is 0 Å². The summed E-state index contributed by atoms with van der Waals surface area (Å²) in [6, 6.07) is 12.2. The van der Waals surface area contributed by atoms with Crippen LogP contribution in [0.2, 0.25) is 5.02 Å². The molecule has 0 aromatic heterocycles. The van der Waals surface area contributed by atoms with Crippen LogP contribution in [0.25, 0.3) is 10.8 Å². The number of rotatable bonds is 9. The van der Waals surface area contributed by atoms with E-state index < -0.39 is 40.3 Å². The highest BCUT2D eigenvalue weighted by atomic mass is 35.5. The van der Waals surface area contributed by atoms with Gasteiger partial charge in [0, 0.05) is 16.3 Å². The molecule has 0 saturated carbocycles. The Morgan fingerprint density at radius 1 is 1.03 bits per heavy atom. The van der Waals surface area contributed by atoms with Crippen molar-refractivity contribution >= 4 is 50.2 Å². The van der Waals surface area contributed by atoms with Crippen molar-refractivity contribution in [3.8, 4) is 5.75 Å². The number of carboxylic acids is 1. The number of carbonyl (C=O) groups excluding carboxylic acids is 2. The standard InChI is InChI=1S/C24H23ClN2O7S/c1-3-14-7-4-5-8-15(14)23(30)26-24(31)18(13-21(28)29)27-35(32,33)20-10-6-9-17-16(20)11-12-19(34-2)22(17)25/h4-12,18,27H,3,13H2,1-2H3,(H,28,29)(H,26,30,31)/t18-/m0/s1. The summed E-state index contributed by atoms with van der Waals surface area (Å²) in [6.07, 6.45) is -0.357. The number of halogens is 1. The van der Waals surface area contributed by atoms with Gasteiger partial charge in [-0.2, -0.15) is 4.72 Å². The molecule has 1 atom stereocenters. The topological polar surface area (TPSA) is 139 Å². The number of carbonyl (C=O) groups is 3. The molecule has 3 aromatic carbocycles. The minimum atomic E-state index is -4.41. The normalized spacial score (nSPS) is 12.2. The maximum atomic E-state index is 13.2. The van der Waals surface area contributed by atoms with E-state index in [1.165, 1.54) is 37.4 Å². The van der Waals surface area contributed by atoms with Crippen LogP contribution in [0.4, 0.5) is 0 Å². The SMILES string of the molecule is CCc1ccccc1C(=O)NC(=O)[C@H](CC(=O)O)NS(=O)(=O)c1cccc2c(Cl)c(OC)ccc12. The number of methoxy groups -OCH3 is 1. The predicted molar refractivity (Wildman–Crippen MR) is 130 cm³/mol. The molecule has 3 aromatic rings. The molecule has 0 bridgehead atoms. The summed E-state index contributed by atoms with van der Waals surface area (Å²) in [4.78, 5) is 36.6. The first-order valence-corrected chi connectivity index (χ1v) is 12.4. The minimum Gasteiger partial charge on any atom is -0.495 e. The fraction of sp³-hybridized carbons (Fsp3) is 0.208. The highest BCUT2D eigenvalue weighted by Crippen LogP contribution is 2.35. The van der Waals surface area contributed by atoms with E-state index in [-0.39, 0.29) is 20.9 Å². The van der Waals surface area contributed by atoms with Crippen molar-refractivity contribution in [1.82, 2.24) is 10.0 Å². The van der Waals surface area contributed by atoms with Gasteiger partial charge in [-0.3, -0.25) is 19.7 Å². The zero-order valence-electron chi connectivity index (χ0n) is 18.9. The first-order valence-electron chi connectivity index (χ1n) is 10.5. The van der Waals surface area contributed by atoms with E-state index in [1.807, 2.05) is 6.92 Å². The maximum Gasteiger partial charge on any atom is 0.305 e. The molecule has 3 rings (SSSR count). The summed E-state index contributed by atoms with van der Waals surface area (Å²) in [5.41, 5.74) is 0.911. The van der Waals surface area contributed by atoms with Gasteiger partial charge in [-0.05, 0) is 36.2 Å². The number of aliphatic carboxylic acids is 1. The Kier molecular flexibility index (Phi) is 8.11. The lowest BCUT2D eigenvalue weighted by Gasteiger charge is -2.18. The Morgan fingerprint density at radius 3 is 2.40 bits per heavy atom. The number of amides is 2. The van der Waals surface area contributed by atoms with E-state index in [9.17, 15) is 27.9 Å². The molecular formula is C24H23ClN2O7S. The van der Waals surface area contributed by atoms with Crippen LogP contribution in [-0.4, -0.2) is 44.5 Å². The second-order valence-corrected chi connectivity index (χ2v) is 9.59. The second-order valence-electron chi connectivity index (χ2n) is 7.53. The lowest BCUT2D eigenvalue weighted by atomic mass is 10.0. The molecule has 184 valence electrons. The van der Waals surface area contributed by atoms with E-state index in [0.29, 0.717) is 23.1 Å². The summed E-state index contributed by atoms with van der Waals surface area (Å²) in [5, 5.41) is 12.2. The molecule has 35 heavy (non-hydrogen) atoms. The molecule has 0 aliphatic carbocycles. The number of nitrogens with one attached hydrogen (secondary N) is 2. The molecule has 11 heteroatoms. The molecule has 0 radical (unpaired) electrons. The Morgan fingerprint density at radius 2 is 1.74 bits per heavy atom. The number of carboxylic acid groups (broad SMARTS) is 1. The van der Waals surface area contributed by atoms with Gasteiger partial charge >= 0.3 is 5.97 Å². The first kappa shape index (κ1) is 26.1. The highest BCUT2D eigenvalue weighted by molar-refractivity contribution is 7.89. The fourth-order valence-corrected chi connectivity index (χ4v) is 5.32. The van der Waals surface area contributed by atoms with Gasteiger partial charge in [0.05, 0.1) is 23.4 Å². The molecule has 0 aliphatic rings. The Labute approximate surface area is 207 Å². The fourth-order valence-electron chi connectivity index (χ4n) is 3.59.